The van der Waals surface area contributed by atoms with Crippen LogP contribution in [0.2, 0.25) is 0 Å². The van der Waals surface area contributed by atoms with E-state index in [0.29, 0.717) is 0 Å². The largest absolute Gasteiger partial charge is 0.431 e. The summed E-state index contributed by atoms with van der Waals surface area (Å²) in [5.41, 5.74) is 3.08. The number of benzene rings is 2. The van der Waals surface area contributed by atoms with Crippen LogP contribution in [0.1, 0.15) is 5.56 Å². The Labute approximate surface area is 113 Å². The molecule has 2 aromatic carbocycles. The Hall–Kier alpha value is -1.39. The minimum atomic E-state index is 0.720. The smallest absolute Gasteiger partial charge is 0.267 e. The van der Waals surface area contributed by atoms with E-state index in [1.807, 2.05) is 30.3 Å². The van der Waals surface area contributed by atoms with E-state index >= 15 is 0 Å². The molecule has 90 valence electrons. The Bertz CT molecular complexity index is 603. The molecule has 0 bridgehead atoms. The van der Waals surface area contributed by atoms with Crippen molar-refractivity contribution in [2.45, 2.75) is 11.0 Å². The van der Waals surface area contributed by atoms with Gasteiger partial charge in [0.2, 0.25) is 0 Å². The second-order valence-electron chi connectivity index (χ2n) is 3.78. The molecule has 0 radical (unpaired) electrons. The minimum absolute atomic E-state index is 0.720. The third-order valence-corrected chi connectivity index (χ3v) is 4.49. The van der Waals surface area contributed by atoms with Gasteiger partial charge >= 0.3 is 0 Å². The summed E-state index contributed by atoms with van der Waals surface area (Å²) in [6.45, 7) is 0. The Morgan fingerprint density at radius 2 is 1.72 bits per heavy atom. The van der Waals surface area contributed by atoms with Crippen molar-refractivity contribution in [1.82, 2.24) is 4.98 Å². The fourth-order valence-electron chi connectivity index (χ4n) is 1.61. The topological polar surface area (TPSA) is 26.0 Å². The zero-order valence-electron chi connectivity index (χ0n) is 9.58. The lowest BCUT2D eigenvalue weighted by molar-refractivity contribution is 0.491. The first kappa shape index (κ1) is 11.7. The highest BCUT2D eigenvalue weighted by atomic mass is 33.1. The quantitative estimate of drug-likeness (QED) is 0.640. The number of hydrogen-bond donors (Lipinski definition) is 0. The molecule has 0 N–H and O–H groups in total. The molecule has 0 unspecified atom stereocenters. The number of aromatic nitrogens is 1. The highest BCUT2D eigenvalue weighted by Gasteiger charge is 2.05. The summed E-state index contributed by atoms with van der Waals surface area (Å²) in [6.07, 6.45) is 0. The van der Waals surface area contributed by atoms with Gasteiger partial charge in [-0.05, 0) is 17.7 Å². The third-order valence-electron chi connectivity index (χ3n) is 2.47. The van der Waals surface area contributed by atoms with Crippen molar-refractivity contribution in [2.24, 2.45) is 0 Å². The molecule has 0 amide bonds. The van der Waals surface area contributed by atoms with Gasteiger partial charge in [0.05, 0.1) is 0 Å². The van der Waals surface area contributed by atoms with Gasteiger partial charge in [-0.15, -0.1) is 0 Å². The van der Waals surface area contributed by atoms with Crippen molar-refractivity contribution in [3.05, 3.63) is 60.2 Å². The second kappa shape index (κ2) is 5.50. The average Bonchev–Trinajstić information content (AvgIpc) is 2.82. The van der Waals surface area contributed by atoms with Crippen molar-refractivity contribution in [2.75, 3.05) is 0 Å². The third kappa shape index (κ3) is 2.71. The maximum absolute atomic E-state index is 5.64. The minimum Gasteiger partial charge on any atom is -0.431 e. The maximum atomic E-state index is 5.64. The van der Waals surface area contributed by atoms with Crippen LogP contribution in [0.4, 0.5) is 0 Å². The molecule has 4 heteroatoms. The van der Waals surface area contributed by atoms with Crippen LogP contribution in [-0.4, -0.2) is 4.98 Å². The number of para-hydroxylation sites is 2. The normalized spacial score (nSPS) is 10.9. The fourth-order valence-corrected chi connectivity index (χ4v) is 3.46. The lowest BCUT2D eigenvalue weighted by atomic mass is 10.2. The van der Waals surface area contributed by atoms with Gasteiger partial charge in [-0.25, -0.2) is 4.98 Å². The van der Waals surface area contributed by atoms with E-state index in [4.69, 9.17) is 4.42 Å². The molecule has 1 heterocycles. The lowest BCUT2D eigenvalue weighted by Gasteiger charge is -1.97. The Kier molecular flexibility index (Phi) is 3.57. The molecule has 0 aliphatic rings. The van der Waals surface area contributed by atoms with Crippen molar-refractivity contribution >= 4 is 32.7 Å². The highest BCUT2D eigenvalue weighted by molar-refractivity contribution is 8.76. The molecule has 18 heavy (non-hydrogen) atoms. The van der Waals surface area contributed by atoms with E-state index in [1.165, 1.54) is 5.56 Å². The van der Waals surface area contributed by atoms with E-state index in [-0.39, 0.29) is 0 Å². The summed E-state index contributed by atoms with van der Waals surface area (Å²) in [7, 11) is 3.31. The Balaban J connectivity index is 1.63. The molecular weight excluding hydrogens is 262 g/mol. The Morgan fingerprint density at radius 1 is 0.944 bits per heavy atom. The van der Waals surface area contributed by atoms with E-state index in [2.05, 4.69) is 29.2 Å². The van der Waals surface area contributed by atoms with Crippen molar-refractivity contribution in [1.29, 1.82) is 0 Å². The molecule has 0 aliphatic carbocycles. The fraction of sp³-hybridized carbons (Fsp3) is 0.0714. The average molecular weight is 273 g/mol. The summed E-state index contributed by atoms with van der Waals surface area (Å²) in [5.74, 6) is 0.949. The molecule has 0 aliphatic heterocycles. The standard InChI is InChI=1S/C14H11NOS2/c1-2-6-11(7-3-1)10-17-18-14-15-12-8-4-5-9-13(12)16-14/h1-9H,10H2. The molecule has 0 fully saturated rings. The van der Waals surface area contributed by atoms with Crippen molar-refractivity contribution < 1.29 is 4.42 Å². The van der Waals surface area contributed by atoms with Crippen LogP contribution in [0.3, 0.4) is 0 Å². The number of rotatable bonds is 4. The SMILES string of the molecule is c1ccc(CSSc2nc3ccccc3o2)cc1. The van der Waals surface area contributed by atoms with E-state index < -0.39 is 0 Å². The van der Waals surface area contributed by atoms with Crippen LogP contribution in [0, 0.1) is 0 Å². The zero-order valence-corrected chi connectivity index (χ0v) is 11.2. The van der Waals surface area contributed by atoms with Crippen molar-refractivity contribution in [3.8, 4) is 0 Å². The Morgan fingerprint density at radius 3 is 2.56 bits per heavy atom. The maximum Gasteiger partial charge on any atom is 0.267 e. The molecule has 2 nitrogen and oxygen atoms in total. The van der Waals surface area contributed by atoms with E-state index in [0.717, 1.165) is 22.1 Å². The van der Waals surface area contributed by atoms with Crippen LogP contribution in [0.15, 0.2) is 64.2 Å². The first-order chi connectivity index (χ1) is 8.92. The summed E-state index contributed by atoms with van der Waals surface area (Å²) in [6, 6.07) is 18.2. The summed E-state index contributed by atoms with van der Waals surface area (Å²) in [4.78, 5) is 4.42. The van der Waals surface area contributed by atoms with E-state index in [9.17, 15) is 0 Å². The van der Waals surface area contributed by atoms with Crippen molar-refractivity contribution in [3.63, 3.8) is 0 Å². The first-order valence-electron chi connectivity index (χ1n) is 5.61. The van der Waals surface area contributed by atoms with Crippen LogP contribution in [0.5, 0.6) is 0 Å². The molecule has 3 aromatic rings. The summed E-state index contributed by atoms with van der Waals surface area (Å²) >= 11 is 0. The van der Waals surface area contributed by atoms with Gasteiger partial charge in [0.1, 0.15) is 5.52 Å². The van der Waals surface area contributed by atoms with Crippen LogP contribution >= 0.6 is 21.6 Å². The van der Waals surface area contributed by atoms with Gasteiger partial charge in [0.25, 0.3) is 5.22 Å². The van der Waals surface area contributed by atoms with Gasteiger partial charge in [-0.3, -0.25) is 0 Å². The van der Waals surface area contributed by atoms with Gasteiger partial charge in [-0.1, -0.05) is 53.3 Å². The summed E-state index contributed by atoms with van der Waals surface area (Å²) < 4.78 is 5.64. The molecule has 0 atom stereocenters. The predicted molar refractivity (Wildman–Crippen MR) is 77.6 cm³/mol. The molecular formula is C14H11NOS2. The lowest BCUT2D eigenvalue weighted by Crippen LogP contribution is -1.75. The molecule has 3 rings (SSSR count). The molecule has 1 aromatic heterocycles. The first-order valence-corrected chi connectivity index (χ1v) is 7.93. The highest BCUT2D eigenvalue weighted by Crippen LogP contribution is 2.34. The number of oxazole rings is 1. The number of fused-ring (bicyclic) bond motifs is 1. The van der Waals surface area contributed by atoms with Gasteiger partial charge in [0, 0.05) is 16.5 Å². The van der Waals surface area contributed by atoms with Gasteiger partial charge in [-0.2, -0.15) is 0 Å². The van der Waals surface area contributed by atoms with Crippen LogP contribution in [-0.2, 0) is 5.75 Å². The van der Waals surface area contributed by atoms with E-state index in [1.54, 1.807) is 21.6 Å². The van der Waals surface area contributed by atoms with Gasteiger partial charge in [0.15, 0.2) is 5.58 Å². The molecule has 0 saturated carbocycles. The summed E-state index contributed by atoms with van der Waals surface area (Å²) in [5, 5.41) is 0.720. The number of nitrogens with zero attached hydrogens (tertiary/aromatic N) is 1. The van der Waals surface area contributed by atoms with Crippen LogP contribution < -0.4 is 0 Å². The predicted octanol–water partition coefficient (Wildman–Crippen LogP) is 4.77. The molecule has 0 saturated heterocycles. The molecule has 0 spiro atoms. The number of hydrogen-bond acceptors (Lipinski definition) is 4. The zero-order chi connectivity index (χ0) is 12.2. The van der Waals surface area contributed by atoms with Crippen LogP contribution in [0.25, 0.3) is 11.1 Å². The second-order valence-corrected chi connectivity index (χ2v) is 6.03. The van der Waals surface area contributed by atoms with Gasteiger partial charge < -0.3 is 4.42 Å². The monoisotopic (exact) mass is 273 g/mol.